The molecule has 0 aliphatic carbocycles. The molecule has 164 valence electrons. The Bertz CT molecular complexity index is 969. The van der Waals surface area contributed by atoms with Gasteiger partial charge in [-0.2, -0.15) is 0 Å². The molecule has 0 bridgehead atoms. The Balaban J connectivity index is 2.27. The molecule has 0 aliphatic rings. The molecule has 0 radical (unpaired) electrons. The highest BCUT2D eigenvalue weighted by Gasteiger charge is 2.24. The Hall–Kier alpha value is -2.54. The Kier molecular flexibility index (Phi) is 7.89. The first-order chi connectivity index (χ1) is 14.0. The highest BCUT2D eigenvalue weighted by Crippen LogP contribution is 2.26. The van der Waals surface area contributed by atoms with Gasteiger partial charge >= 0.3 is 0 Å². The van der Waals surface area contributed by atoms with E-state index in [9.17, 15) is 13.2 Å². The summed E-state index contributed by atoms with van der Waals surface area (Å²) in [5.41, 5.74) is 3.21. The lowest BCUT2D eigenvalue weighted by molar-refractivity contribution is -0.120. The lowest BCUT2D eigenvalue weighted by Crippen LogP contribution is -2.42. The van der Waals surface area contributed by atoms with Gasteiger partial charge in [0.05, 0.1) is 25.1 Å². The van der Waals surface area contributed by atoms with Crippen LogP contribution in [0.1, 0.15) is 43.0 Å². The van der Waals surface area contributed by atoms with Gasteiger partial charge in [0.2, 0.25) is 15.9 Å². The van der Waals surface area contributed by atoms with Gasteiger partial charge in [0.15, 0.2) is 0 Å². The standard InChI is InChI=1S/C23H32N2O4S/c1-16(2)13-21(19-9-11-20(29-5)12-10-19)24-23(26)15-25(30(6,27)28)22-14-17(3)7-8-18(22)4/h7-12,14,16,21H,13,15H2,1-6H3,(H,24,26)/t21-/m1/s1. The first kappa shape index (κ1) is 23.7. The Morgan fingerprint density at radius 2 is 1.73 bits per heavy atom. The zero-order chi connectivity index (χ0) is 22.5. The molecule has 1 atom stereocenters. The maximum absolute atomic E-state index is 12.9. The second-order valence-corrected chi connectivity index (χ2v) is 9.99. The van der Waals surface area contributed by atoms with Crippen molar-refractivity contribution in [1.29, 1.82) is 0 Å². The Morgan fingerprint density at radius 3 is 2.27 bits per heavy atom. The highest BCUT2D eigenvalue weighted by molar-refractivity contribution is 7.92. The SMILES string of the molecule is COc1ccc([C@@H](CC(C)C)NC(=O)CN(c2cc(C)ccc2C)S(C)(=O)=O)cc1. The molecule has 0 aliphatic heterocycles. The van der Waals surface area contributed by atoms with Crippen LogP contribution < -0.4 is 14.4 Å². The lowest BCUT2D eigenvalue weighted by Gasteiger charge is -2.26. The number of hydrogen-bond donors (Lipinski definition) is 1. The normalized spacial score (nSPS) is 12.5. The number of nitrogens with zero attached hydrogens (tertiary/aromatic N) is 1. The predicted octanol–water partition coefficient (Wildman–Crippen LogP) is 3.98. The number of hydrogen-bond acceptors (Lipinski definition) is 4. The highest BCUT2D eigenvalue weighted by atomic mass is 32.2. The van der Waals surface area contributed by atoms with Crippen molar-refractivity contribution in [2.45, 2.75) is 40.2 Å². The van der Waals surface area contributed by atoms with Crippen LogP contribution in [0.4, 0.5) is 5.69 Å². The minimum atomic E-state index is -3.63. The summed E-state index contributed by atoms with van der Waals surface area (Å²) in [6, 6.07) is 12.9. The zero-order valence-electron chi connectivity index (χ0n) is 18.6. The quantitative estimate of drug-likeness (QED) is 0.650. The summed E-state index contributed by atoms with van der Waals surface area (Å²) in [5, 5.41) is 3.02. The molecule has 2 rings (SSSR count). The molecule has 0 unspecified atom stereocenters. The van der Waals surface area contributed by atoms with Crippen LogP contribution in [-0.4, -0.2) is 34.2 Å². The van der Waals surface area contributed by atoms with Crippen LogP contribution in [0.15, 0.2) is 42.5 Å². The largest absolute Gasteiger partial charge is 0.497 e. The average molecular weight is 433 g/mol. The van der Waals surface area contributed by atoms with Crippen LogP contribution in [0.5, 0.6) is 5.75 Å². The second kappa shape index (κ2) is 9.98. The number of carbonyl (C=O) groups excluding carboxylic acids is 1. The number of carbonyl (C=O) groups is 1. The molecule has 2 aromatic rings. The summed E-state index contributed by atoms with van der Waals surface area (Å²) in [6.45, 7) is 7.63. The lowest BCUT2D eigenvalue weighted by atomic mass is 9.97. The van der Waals surface area contributed by atoms with Crippen molar-refractivity contribution in [3.8, 4) is 5.75 Å². The number of anilines is 1. The van der Waals surface area contributed by atoms with Gasteiger partial charge < -0.3 is 10.1 Å². The van der Waals surface area contributed by atoms with Gasteiger partial charge in [-0.25, -0.2) is 8.42 Å². The van der Waals surface area contributed by atoms with Crippen molar-refractivity contribution in [2.24, 2.45) is 5.92 Å². The summed E-state index contributed by atoms with van der Waals surface area (Å²) >= 11 is 0. The van der Waals surface area contributed by atoms with E-state index in [1.807, 2.05) is 50.2 Å². The summed E-state index contributed by atoms with van der Waals surface area (Å²) < 4.78 is 31.3. The fourth-order valence-corrected chi connectivity index (χ4v) is 4.23. The Labute approximate surface area is 180 Å². The molecule has 30 heavy (non-hydrogen) atoms. The van der Waals surface area contributed by atoms with Crippen LogP contribution in [0.25, 0.3) is 0 Å². The van der Waals surface area contributed by atoms with Gasteiger partial charge in [-0.1, -0.05) is 38.1 Å². The molecule has 1 amide bonds. The van der Waals surface area contributed by atoms with Crippen molar-refractivity contribution < 1.29 is 17.9 Å². The number of methoxy groups -OCH3 is 1. The summed E-state index contributed by atoms with van der Waals surface area (Å²) in [5.74, 6) is 0.747. The zero-order valence-corrected chi connectivity index (χ0v) is 19.4. The van der Waals surface area contributed by atoms with E-state index in [1.54, 1.807) is 13.2 Å². The first-order valence-electron chi connectivity index (χ1n) is 9.99. The smallest absolute Gasteiger partial charge is 0.241 e. The van der Waals surface area contributed by atoms with Gasteiger partial charge in [0.25, 0.3) is 0 Å². The number of aryl methyl sites for hydroxylation is 2. The van der Waals surface area contributed by atoms with Gasteiger partial charge in [-0.15, -0.1) is 0 Å². The van der Waals surface area contributed by atoms with Crippen LogP contribution in [0, 0.1) is 19.8 Å². The third kappa shape index (κ3) is 6.49. The molecule has 0 spiro atoms. The molecule has 7 heteroatoms. The molecule has 1 N–H and O–H groups in total. The van der Waals surface area contributed by atoms with E-state index in [4.69, 9.17) is 4.74 Å². The Morgan fingerprint density at radius 1 is 1.10 bits per heavy atom. The van der Waals surface area contributed by atoms with Crippen LogP contribution in [0.3, 0.4) is 0 Å². The minimum Gasteiger partial charge on any atom is -0.497 e. The maximum atomic E-state index is 12.9. The molecule has 0 saturated carbocycles. The monoisotopic (exact) mass is 432 g/mol. The number of amides is 1. The molecule has 0 aromatic heterocycles. The number of rotatable bonds is 9. The maximum Gasteiger partial charge on any atom is 0.241 e. The molecular formula is C23H32N2O4S. The van der Waals surface area contributed by atoms with E-state index in [0.29, 0.717) is 11.6 Å². The van der Waals surface area contributed by atoms with Crippen LogP contribution in [-0.2, 0) is 14.8 Å². The molecule has 0 fully saturated rings. The summed E-state index contributed by atoms with van der Waals surface area (Å²) in [7, 11) is -2.02. The van der Waals surface area contributed by atoms with E-state index in [1.165, 1.54) is 4.31 Å². The van der Waals surface area contributed by atoms with E-state index >= 15 is 0 Å². The number of nitrogens with one attached hydrogen (secondary N) is 1. The van der Waals surface area contributed by atoms with Crippen LogP contribution >= 0.6 is 0 Å². The van der Waals surface area contributed by atoms with Crippen molar-refractivity contribution >= 4 is 21.6 Å². The molecular weight excluding hydrogens is 400 g/mol. The van der Waals surface area contributed by atoms with Crippen molar-refractivity contribution in [1.82, 2.24) is 5.32 Å². The fourth-order valence-electron chi connectivity index (χ4n) is 3.33. The van der Waals surface area contributed by atoms with E-state index in [0.717, 1.165) is 35.1 Å². The first-order valence-corrected chi connectivity index (χ1v) is 11.8. The van der Waals surface area contributed by atoms with Gasteiger partial charge in [0.1, 0.15) is 12.3 Å². The minimum absolute atomic E-state index is 0.219. The van der Waals surface area contributed by atoms with E-state index in [-0.39, 0.29) is 18.5 Å². The fraction of sp³-hybridized carbons (Fsp3) is 0.435. The third-order valence-corrected chi connectivity index (χ3v) is 6.01. The van der Waals surface area contributed by atoms with Gasteiger partial charge in [0, 0.05) is 0 Å². The van der Waals surface area contributed by atoms with Crippen molar-refractivity contribution in [2.75, 3.05) is 24.2 Å². The second-order valence-electron chi connectivity index (χ2n) is 8.08. The average Bonchev–Trinajstić information content (AvgIpc) is 2.66. The van der Waals surface area contributed by atoms with E-state index < -0.39 is 10.0 Å². The number of ether oxygens (including phenoxy) is 1. The van der Waals surface area contributed by atoms with Crippen molar-refractivity contribution in [3.05, 3.63) is 59.2 Å². The predicted molar refractivity (Wildman–Crippen MR) is 121 cm³/mol. The number of sulfonamides is 1. The third-order valence-electron chi connectivity index (χ3n) is 4.88. The molecule has 0 saturated heterocycles. The molecule has 6 nitrogen and oxygen atoms in total. The van der Waals surface area contributed by atoms with Crippen molar-refractivity contribution in [3.63, 3.8) is 0 Å². The molecule has 2 aromatic carbocycles. The molecule has 0 heterocycles. The summed E-state index contributed by atoms with van der Waals surface area (Å²) in [4.78, 5) is 12.9. The summed E-state index contributed by atoms with van der Waals surface area (Å²) in [6.07, 6.45) is 1.86. The van der Waals surface area contributed by atoms with E-state index in [2.05, 4.69) is 19.2 Å². The van der Waals surface area contributed by atoms with Crippen LogP contribution in [0.2, 0.25) is 0 Å². The number of benzene rings is 2. The van der Waals surface area contributed by atoms with Gasteiger partial charge in [-0.05, 0) is 61.1 Å². The topological polar surface area (TPSA) is 75.7 Å². The van der Waals surface area contributed by atoms with Gasteiger partial charge in [-0.3, -0.25) is 9.10 Å².